The number of hydrogen-bond acceptors (Lipinski definition) is 10. The van der Waals surface area contributed by atoms with Crippen molar-refractivity contribution in [2.75, 3.05) is 29.5 Å². The molecule has 13 heteroatoms. The van der Waals surface area contributed by atoms with E-state index in [1.165, 1.54) is 36.0 Å². The maximum atomic E-state index is 13.8. The van der Waals surface area contributed by atoms with Gasteiger partial charge in [-0.2, -0.15) is 0 Å². The molecule has 192 valence electrons. The van der Waals surface area contributed by atoms with Gasteiger partial charge in [0.15, 0.2) is 5.82 Å². The van der Waals surface area contributed by atoms with Crippen molar-refractivity contribution in [3.05, 3.63) is 65.4 Å². The summed E-state index contributed by atoms with van der Waals surface area (Å²) in [6, 6.07) is 9.78. The van der Waals surface area contributed by atoms with Gasteiger partial charge >= 0.3 is 6.09 Å². The number of alkyl carbamates (subject to hydrolysis) is 1. The van der Waals surface area contributed by atoms with Gasteiger partial charge in [0.25, 0.3) is 0 Å². The molecule has 0 saturated carbocycles. The molecule has 11 nitrogen and oxygen atoms in total. The first-order valence-corrected chi connectivity index (χ1v) is 12.2. The van der Waals surface area contributed by atoms with E-state index in [4.69, 9.17) is 10.5 Å². The number of carbonyl (C=O) groups is 2. The minimum absolute atomic E-state index is 0.0903. The Bertz CT molecular complexity index is 1400. The maximum absolute atomic E-state index is 13.8. The monoisotopic (exact) mass is 524 g/mol. The van der Waals surface area contributed by atoms with Gasteiger partial charge in [0.05, 0.1) is 34.5 Å². The summed E-state index contributed by atoms with van der Waals surface area (Å²) in [5.74, 6) is -0.822. The van der Waals surface area contributed by atoms with E-state index < -0.39 is 17.8 Å². The number of nitrogens with zero attached hydrogens (tertiary/aromatic N) is 4. The number of fused-ring (bicyclic) bond motifs is 1. The van der Waals surface area contributed by atoms with Gasteiger partial charge in [-0.1, -0.05) is 30.4 Å². The third kappa shape index (κ3) is 6.85. The summed E-state index contributed by atoms with van der Waals surface area (Å²) in [7, 11) is 0. The number of halogens is 1. The number of nitrogens with two attached hydrogens (primary N) is 1. The fourth-order valence-corrected chi connectivity index (χ4v) is 4.12. The SMILES string of the molecule is CC(COC(=O)NCCc1nc2c(NCc3ncccc3F)ncnc2s1)C(=O)Nc1ccccc1N. The van der Waals surface area contributed by atoms with E-state index in [9.17, 15) is 14.0 Å². The standard InChI is InChI=1S/C24H25FN8O3S/c1-14(22(34)32-17-7-3-2-6-16(17)26)12-36-24(35)28-10-8-19-33-20-21(30-13-31-23(20)37-19)29-11-18-15(25)5-4-9-27-18/h2-7,9,13-14H,8,10-12,26H2,1H3,(H,28,35)(H,32,34)(H,29,30,31). The maximum Gasteiger partial charge on any atom is 0.407 e. The van der Waals surface area contributed by atoms with E-state index in [2.05, 4.69) is 35.9 Å². The normalized spacial score (nSPS) is 11.6. The molecule has 0 radical (unpaired) electrons. The Morgan fingerprint density at radius 1 is 1.16 bits per heavy atom. The number of pyridine rings is 1. The van der Waals surface area contributed by atoms with Crippen LogP contribution in [-0.2, 0) is 22.5 Å². The third-order valence-electron chi connectivity index (χ3n) is 5.24. The van der Waals surface area contributed by atoms with Crippen LogP contribution in [0.1, 0.15) is 17.6 Å². The van der Waals surface area contributed by atoms with Gasteiger partial charge in [-0.25, -0.2) is 24.1 Å². The van der Waals surface area contributed by atoms with Crippen molar-refractivity contribution in [1.29, 1.82) is 0 Å². The Kier molecular flexibility index (Phi) is 8.36. The molecule has 0 saturated heterocycles. The average molecular weight is 525 g/mol. The smallest absolute Gasteiger partial charge is 0.407 e. The molecular weight excluding hydrogens is 499 g/mol. The number of benzene rings is 1. The van der Waals surface area contributed by atoms with Gasteiger partial charge < -0.3 is 26.4 Å². The number of aromatic nitrogens is 4. The van der Waals surface area contributed by atoms with Crippen molar-refractivity contribution < 1.29 is 18.7 Å². The van der Waals surface area contributed by atoms with Gasteiger partial charge in [0, 0.05) is 19.2 Å². The zero-order chi connectivity index (χ0) is 26.2. The molecule has 1 atom stereocenters. The summed E-state index contributed by atoms with van der Waals surface area (Å²) in [5, 5.41) is 9.14. The molecule has 3 heterocycles. The highest BCUT2D eigenvalue weighted by Gasteiger charge is 2.17. The summed E-state index contributed by atoms with van der Waals surface area (Å²) in [5.41, 5.74) is 7.61. The molecule has 0 aliphatic heterocycles. The quantitative estimate of drug-likeness (QED) is 0.228. The second kappa shape index (κ2) is 12.0. The Labute approximate surface area is 215 Å². The lowest BCUT2D eigenvalue weighted by Crippen LogP contribution is -2.31. The Morgan fingerprint density at radius 3 is 2.81 bits per heavy atom. The predicted octanol–water partition coefficient (Wildman–Crippen LogP) is 3.36. The number of anilines is 3. The lowest BCUT2D eigenvalue weighted by Gasteiger charge is -2.14. The number of nitrogens with one attached hydrogen (secondary N) is 3. The van der Waals surface area contributed by atoms with Crippen LogP contribution in [-0.4, -0.2) is 45.1 Å². The summed E-state index contributed by atoms with van der Waals surface area (Å²) in [4.78, 5) is 42.1. The first-order chi connectivity index (χ1) is 17.9. The third-order valence-corrected chi connectivity index (χ3v) is 6.26. The van der Waals surface area contributed by atoms with Gasteiger partial charge in [-0.05, 0) is 24.3 Å². The van der Waals surface area contributed by atoms with Gasteiger partial charge in [0.2, 0.25) is 5.91 Å². The lowest BCUT2D eigenvalue weighted by atomic mass is 10.1. The van der Waals surface area contributed by atoms with Crippen LogP contribution in [0.15, 0.2) is 48.9 Å². The molecule has 1 aromatic carbocycles. The number of carbonyl (C=O) groups excluding carboxylic acids is 2. The van der Waals surface area contributed by atoms with E-state index in [-0.39, 0.29) is 31.3 Å². The Hall–Kier alpha value is -4.39. The highest BCUT2D eigenvalue weighted by atomic mass is 32.1. The predicted molar refractivity (Wildman–Crippen MR) is 138 cm³/mol. The molecule has 0 bridgehead atoms. The molecule has 0 aliphatic carbocycles. The number of nitrogen functional groups attached to an aromatic ring is 1. The molecular formula is C24H25FN8O3S. The first-order valence-electron chi connectivity index (χ1n) is 11.4. The minimum Gasteiger partial charge on any atom is -0.449 e. The lowest BCUT2D eigenvalue weighted by molar-refractivity contribution is -0.120. The van der Waals surface area contributed by atoms with E-state index in [0.29, 0.717) is 34.0 Å². The van der Waals surface area contributed by atoms with E-state index in [1.807, 2.05) is 0 Å². The number of amides is 2. The van der Waals surface area contributed by atoms with E-state index >= 15 is 0 Å². The van der Waals surface area contributed by atoms with Crippen LogP contribution < -0.4 is 21.7 Å². The Balaban J connectivity index is 1.23. The van der Waals surface area contributed by atoms with Gasteiger partial charge in [-0.3, -0.25) is 9.78 Å². The van der Waals surface area contributed by atoms with Gasteiger partial charge in [-0.15, -0.1) is 0 Å². The van der Waals surface area contributed by atoms with E-state index in [0.717, 1.165) is 5.01 Å². The van der Waals surface area contributed by atoms with Crippen molar-refractivity contribution in [3.8, 4) is 0 Å². The summed E-state index contributed by atoms with van der Waals surface area (Å²) in [6.07, 6.45) is 2.72. The summed E-state index contributed by atoms with van der Waals surface area (Å²) in [6.45, 7) is 1.98. The topological polar surface area (TPSA) is 157 Å². The van der Waals surface area contributed by atoms with Gasteiger partial charge in [0.1, 0.15) is 29.1 Å². The molecule has 0 fully saturated rings. The largest absolute Gasteiger partial charge is 0.449 e. The molecule has 4 aromatic rings. The zero-order valence-corrected chi connectivity index (χ0v) is 20.7. The van der Waals surface area contributed by atoms with Crippen molar-refractivity contribution in [2.24, 2.45) is 5.92 Å². The molecule has 37 heavy (non-hydrogen) atoms. The van der Waals surface area contributed by atoms with E-state index in [1.54, 1.807) is 31.2 Å². The average Bonchev–Trinajstić information content (AvgIpc) is 3.31. The molecule has 1 unspecified atom stereocenters. The molecule has 5 N–H and O–H groups in total. The molecule has 4 rings (SSSR count). The fraction of sp³-hybridized carbons (Fsp3) is 0.250. The number of para-hydroxylation sites is 2. The zero-order valence-electron chi connectivity index (χ0n) is 19.9. The first kappa shape index (κ1) is 25.7. The van der Waals surface area contributed by atoms with Crippen LogP contribution in [0.3, 0.4) is 0 Å². The van der Waals surface area contributed by atoms with Crippen LogP contribution >= 0.6 is 11.3 Å². The molecule has 0 aliphatic rings. The Morgan fingerprint density at radius 2 is 2.00 bits per heavy atom. The molecule has 2 amide bonds. The second-order valence-corrected chi connectivity index (χ2v) is 9.08. The number of thiazole rings is 1. The number of hydrogen-bond donors (Lipinski definition) is 4. The van der Waals surface area contributed by atoms with Crippen molar-refractivity contribution in [1.82, 2.24) is 25.3 Å². The minimum atomic E-state index is -0.639. The van der Waals surface area contributed by atoms with Crippen molar-refractivity contribution in [2.45, 2.75) is 19.9 Å². The number of rotatable bonds is 10. The number of ether oxygens (including phenoxy) is 1. The highest BCUT2D eigenvalue weighted by Crippen LogP contribution is 2.25. The summed E-state index contributed by atoms with van der Waals surface area (Å²) < 4.78 is 19.0. The van der Waals surface area contributed by atoms with Crippen LogP contribution in [0.25, 0.3) is 10.3 Å². The molecule has 3 aromatic heterocycles. The molecule has 0 spiro atoms. The van der Waals surface area contributed by atoms with Crippen LogP contribution in [0.2, 0.25) is 0 Å². The van der Waals surface area contributed by atoms with Crippen molar-refractivity contribution >= 4 is 50.9 Å². The van der Waals surface area contributed by atoms with Crippen LogP contribution in [0.4, 0.5) is 26.4 Å². The fourth-order valence-electron chi connectivity index (χ4n) is 3.22. The van der Waals surface area contributed by atoms with Crippen LogP contribution in [0, 0.1) is 11.7 Å². The summed E-state index contributed by atoms with van der Waals surface area (Å²) >= 11 is 1.36. The van der Waals surface area contributed by atoms with Crippen LogP contribution in [0.5, 0.6) is 0 Å². The second-order valence-electron chi connectivity index (χ2n) is 8.02. The highest BCUT2D eigenvalue weighted by molar-refractivity contribution is 7.18. The van der Waals surface area contributed by atoms with Crippen molar-refractivity contribution in [3.63, 3.8) is 0 Å².